The van der Waals surface area contributed by atoms with Gasteiger partial charge >= 0.3 is 0 Å². The number of aryl methyl sites for hydroxylation is 1. The van der Waals surface area contributed by atoms with Gasteiger partial charge in [0.15, 0.2) is 0 Å². The number of carbonyl (C=O) groups excluding carboxylic acids is 1. The van der Waals surface area contributed by atoms with E-state index in [2.05, 4.69) is 22.1 Å². The van der Waals surface area contributed by atoms with Gasteiger partial charge in [-0.2, -0.15) is 0 Å². The summed E-state index contributed by atoms with van der Waals surface area (Å²) in [6, 6.07) is 0.385. The molecule has 1 aromatic heterocycles. The second-order valence-electron chi connectivity index (χ2n) is 5.77. The molecule has 0 aromatic carbocycles. The Balaban J connectivity index is 1.67. The van der Waals surface area contributed by atoms with Crippen molar-refractivity contribution < 1.29 is 9.53 Å². The van der Waals surface area contributed by atoms with Crippen LogP contribution in [-0.2, 0) is 11.2 Å². The van der Waals surface area contributed by atoms with Crippen LogP contribution in [0.3, 0.4) is 0 Å². The van der Waals surface area contributed by atoms with Crippen molar-refractivity contribution in [3.05, 3.63) is 11.6 Å². The molecule has 1 atom stereocenters. The van der Waals surface area contributed by atoms with E-state index in [-0.39, 0.29) is 5.91 Å². The SMILES string of the molecule is CCCc1nc(C(=O)N(CC2CCOC2)C2CC2)n[nH]1. The second-order valence-corrected chi connectivity index (χ2v) is 5.77. The first kappa shape index (κ1) is 13.5. The molecule has 0 spiro atoms. The molecule has 1 saturated carbocycles. The molecule has 1 aromatic rings. The first-order valence-corrected chi connectivity index (χ1v) is 7.58. The maximum atomic E-state index is 12.6. The van der Waals surface area contributed by atoms with Crippen molar-refractivity contribution in [2.45, 2.75) is 45.1 Å². The largest absolute Gasteiger partial charge is 0.381 e. The lowest BCUT2D eigenvalue weighted by Gasteiger charge is -2.23. The summed E-state index contributed by atoms with van der Waals surface area (Å²) in [5, 5.41) is 6.94. The Morgan fingerprint density at radius 3 is 2.95 bits per heavy atom. The second kappa shape index (κ2) is 5.91. The molecule has 2 fully saturated rings. The molecular weight excluding hydrogens is 256 g/mol. The van der Waals surface area contributed by atoms with Crippen LogP contribution in [0.25, 0.3) is 0 Å². The van der Waals surface area contributed by atoms with Crippen LogP contribution in [0.5, 0.6) is 0 Å². The van der Waals surface area contributed by atoms with Crippen LogP contribution in [0.4, 0.5) is 0 Å². The molecule has 1 aliphatic carbocycles. The van der Waals surface area contributed by atoms with Gasteiger partial charge in [0, 0.05) is 31.5 Å². The summed E-state index contributed by atoms with van der Waals surface area (Å²) in [5.74, 6) is 1.56. The van der Waals surface area contributed by atoms with Gasteiger partial charge in [-0.25, -0.2) is 4.98 Å². The molecule has 6 nitrogen and oxygen atoms in total. The van der Waals surface area contributed by atoms with E-state index < -0.39 is 0 Å². The Kier molecular flexibility index (Phi) is 4.00. The predicted octanol–water partition coefficient (Wildman–Crippen LogP) is 1.40. The molecule has 20 heavy (non-hydrogen) atoms. The van der Waals surface area contributed by atoms with Crippen molar-refractivity contribution in [2.24, 2.45) is 5.92 Å². The van der Waals surface area contributed by atoms with Gasteiger partial charge < -0.3 is 9.64 Å². The van der Waals surface area contributed by atoms with E-state index in [4.69, 9.17) is 4.74 Å². The first-order valence-electron chi connectivity index (χ1n) is 7.58. The third-order valence-corrected chi connectivity index (χ3v) is 3.94. The van der Waals surface area contributed by atoms with Gasteiger partial charge in [0.05, 0.1) is 6.61 Å². The van der Waals surface area contributed by atoms with Gasteiger partial charge in [-0.15, -0.1) is 5.10 Å². The zero-order valence-electron chi connectivity index (χ0n) is 12.0. The Hall–Kier alpha value is -1.43. The smallest absolute Gasteiger partial charge is 0.293 e. The summed E-state index contributed by atoms with van der Waals surface area (Å²) in [6.45, 7) is 4.45. The summed E-state index contributed by atoms with van der Waals surface area (Å²) in [7, 11) is 0. The monoisotopic (exact) mass is 278 g/mol. The number of aromatic amines is 1. The minimum absolute atomic E-state index is 0.0296. The van der Waals surface area contributed by atoms with Gasteiger partial charge in [-0.05, 0) is 25.7 Å². The average molecular weight is 278 g/mol. The Morgan fingerprint density at radius 2 is 2.30 bits per heavy atom. The predicted molar refractivity (Wildman–Crippen MR) is 73.4 cm³/mol. The molecule has 2 heterocycles. The first-order chi connectivity index (χ1) is 9.78. The maximum absolute atomic E-state index is 12.6. The highest BCUT2D eigenvalue weighted by Crippen LogP contribution is 2.29. The number of ether oxygens (including phenoxy) is 1. The molecule has 0 radical (unpaired) electrons. The van der Waals surface area contributed by atoms with Crippen LogP contribution in [0.2, 0.25) is 0 Å². The standard InChI is InChI=1S/C14H22N4O2/c1-2-3-12-15-13(17-16-12)14(19)18(11-4-5-11)8-10-6-7-20-9-10/h10-11H,2-9H2,1H3,(H,15,16,17). The fraction of sp³-hybridized carbons (Fsp3) is 0.786. The van der Waals surface area contributed by atoms with Crippen LogP contribution in [0.15, 0.2) is 0 Å². The third kappa shape index (κ3) is 3.00. The normalized spacial score (nSPS) is 22.1. The van der Waals surface area contributed by atoms with E-state index in [9.17, 15) is 4.79 Å². The zero-order valence-corrected chi connectivity index (χ0v) is 12.0. The molecule has 2 aliphatic rings. The summed E-state index contributed by atoms with van der Waals surface area (Å²) in [4.78, 5) is 18.8. The average Bonchev–Trinajstić information content (AvgIpc) is 2.97. The highest BCUT2D eigenvalue weighted by atomic mass is 16.5. The minimum Gasteiger partial charge on any atom is -0.381 e. The van der Waals surface area contributed by atoms with Crippen LogP contribution in [-0.4, -0.2) is 51.8 Å². The Morgan fingerprint density at radius 1 is 1.45 bits per heavy atom. The minimum atomic E-state index is -0.0296. The number of hydrogen-bond acceptors (Lipinski definition) is 4. The molecule has 110 valence electrons. The number of amides is 1. The summed E-state index contributed by atoms with van der Waals surface area (Å²) < 4.78 is 5.40. The van der Waals surface area contributed by atoms with E-state index in [1.54, 1.807) is 0 Å². The van der Waals surface area contributed by atoms with Crippen molar-refractivity contribution in [2.75, 3.05) is 19.8 Å². The number of rotatable bonds is 6. The quantitative estimate of drug-likeness (QED) is 0.853. The lowest BCUT2D eigenvalue weighted by atomic mass is 10.1. The number of nitrogens with zero attached hydrogens (tertiary/aromatic N) is 3. The zero-order chi connectivity index (χ0) is 13.9. The Labute approximate surface area is 118 Å². The van der Waals surface area contributed by atoms with Crippen molar-refractivity contribution in [3.8, 4) is 0 Å². The van der Waals surface area contributed by atoms with Crippen LogP contribution in [0.1, 0.15) is 49.1 Å². The van der Waals surface area contributed by atoms with Crippen LogP contribution < -0.4 is 0 Å². The molecule has 1 amide bonds. The van der Waals surface area contributed by atoms with Gasteiger partial charge in [0.25, 0.3) is 5.91 Å². The van der Waals surface area contributed by atoms with Crippen molar-refractivity contribution >= 4 is 5.91 Å². The van der Waals surface area contributed by atoms with Gasteiger partial charge in [0.1, 0.15) is 5.82 Å². The lowest BCUT2D eigenvalue weighted by molar-refractivity contribution is 0.0694. The number of carbonyl (C=O) groups is 1. The van der Waals surface area contributed by atoms with E-state index in [1.165, 1.54) is 0 Å². The molecule has 1 saturated heterocycles. The number of nitrogens with one attached hydrogen (secondary N) is 1. The fourth-order valence-electron chi connectivity index (χ4n) is 2.66. The fourth-order valence-corrected chi connectivity index (χ4v) is 2.66. The van der Waals surface area contributed by atoms with Gasteiger partial charge in [-0.1, -0.05) is 6.92 Å². The number of aromatic nitrogens is 3. The summed E-state index contributed by atoms with van der Waals surface area (Å²) in [5.41, 5.74) is 0. The highest BCUT2D eigenvalue weighted by Gasteiger charge is 2.36. The highest BCUT2D eigenvalue weighted by molar-refractivity contribution is 5.90. The van der Waals surface area contributed by atoms with Crippen LogP contribution in [0, 0.1) is 5.92 Å². The van der Waals surface area contributed by atoms with E-state index in [0.717, 1.165) is 57.7 Å². The molecule has 1 aliphatic heterocycles. The summed E-state index contributed by atoms with van der Waals surface area (Å²) >= 11 is 0. The lowest BCUT2D eigenvalue weighted by Crippen LogP contribution is -2.38. The topological polar surface area (TPSA) is 71.1 Å². The van der Waals surface area contributed by atoms with E-state index in [1.807, 2.05) is 4.90 Å². The molecule has 1 unspecified atom stereocenters. The third-order valence-electron chi connectivity index (χ3n) is 3.94. The summed E-state index contributed by atoms with van der Waals surface area (Å²) in [6.07, 6.45) is 5.08. The molecular formula is C14H22N4O2. The molecule has 1 N–H and O–H groups in total. The number of H-pyrrole nitrogens is 1. The van der Waals surface area contributed by atoms with E-state index in [0.29, 0.717) is 17.8 Å². The van der Waals surface area contributed by atoms with Gasteiger partial charge in [0.2, 0.25) is 5.82 Å². The van der Waals surface area contributed by atoms with Crippen molar-refractivity contribution in [1.82, 2.24) is 20.1 Å². The number of hydrogen-bond donors (Lipinski definition) is 1. The van der Waals surface area contributed by atoms with Crippen molar-refractivity contribution in [1.29, 1.82) is 0 Å². The molecule has 6 heteroatoms. The molecule has 0 bridgehead atoms. The van der Waals surface area contributed by atoms with Gasteiger partial charge in [-0.3, -0.25) is 9.89 Å². The Bertz CT molecular complexity index is 463. The van der Waals surface area contributed by atoms with E-state index >= 15 is 0 Å². The molecule has 3 rings (SSSR count). The maximum Gasteiger partial charge on any atom is 0.293 e. The van der Waals surface area contributed by atoms with Crippen LogP contribution >= 0.6 is 0 Å². The van der Waals surface area contributed by atoms with Crippen molar-refractivity contribution in [3.63, 3.8) is 0 Å².